The fraction of sp³-hybridized carbons (Fsp3) is 0.300. The van der Waals surface area contributed by atoms with E-state index >= 15 is 0 Å². The summed E-state index contributed by atoms with van der Waals surface area (Å²) in [6.45, 7) is 4.54. The molecule has 0 fully saturated rings. The van der Waals surface area contributed by atoms with Crippen molar-refractivity contribution in [3.05, 3.63) is 59.7 Å². The van der Waals surface area contributed by atoms with Crippen molar-refractivity contribution in [2.24, 2.45) is 0 Å². The average molecular weight is 325 g/mol. The number of hydrogen-bond acceptors (Lipinski definition) is 3. The number of aryl methyl sites for hydroxylation is 1. The van der Waals surface area contributed by atoms with Gasteiger partial charge in [-0.05, 0) is 49.2 Å². The Morgan fingerprint density at radius 3 is 2.33 bits per heavy atom. The van der Waals surface area contributed by atoms with Crippen molar-refractivity contribution < 1.29 is 14.3 Å². The van der Waals surface area contributed by atoms with Crippen LogP contribution < -0.4 is 10.1 Å². The van der Waals surface area contributed by atoms with E-state index in [9.17, 15) is 9.59 Å². The van der Waals surface area contributed by atoms with Gasteiger partial charge in [-0.25, -0.2) is 0 Å². The molecular weight excluding hydrogens is 302 g/mol. The molecule has 24 heavy (non-hydrogen) atoms. The van der Waals surface area contributed by atoms with Crippen LogP contribution in [0.15, 0.2) is 48.5 Å². The highest BCUT2D eigenvalue weighted by Gasteiger charge is 2.11. The number of carbonyl (C=O) groups is 2. The quantitative estimate of drug-likeness (QED) is 0.738. The van der Waals surface area contributed by atoms with Crippen LogP contribution in [0.1, 0.15) is 42.6 Å². The van der Waals surface area contributed by atoms with Crippen molar-refractivity contribution in [1.82, 2.24) is 0 Å². The highest BCUT2D eigenvalue weighted by atomic mass is 16.5. The third kappa shape index (κ3) is 4.95. The molecule has 0 atom stereocenters. The van der Waals surface area contributed by atoms with Crippen LogP contribution in [0.5, 0.6) is 5.75 Å². The van der Waals surface area contributed by atoms with Gasteiger partial charge in [-0.2, -0.15) is 0 Å². The molecule has 4 nitrogen and oxygen atoms in total. The number of amides is 1. The minimum Gasteiger partial charge on any atom is -0.494 e. The Balaban J connectivity index is 1.87. The Morgan fingerprint density at radius 1 is 0.958 bits per heavy atom. The van der Waals surface area contributed by atoms with E-state index in [0.29, 0.717) is 12.2 Å². The van der Waals surface area contributed by atoms with E-state index in [1.54, 1.807) is 24.3 Å². The van der Waals surface area contributed by atoms with Crippen molar-refractivity contribution in [3.63, 3.8) is 0 Å². The molecule has 0 aliphatic rings. The molecule has 2 aromatic rings. The lowest BCUT2D eigenvalue weighted by molar-refractivity contribution is -0.116. The number of carbonyl (C=O) groups excluding carboxylic acids is 2. The van der Waals surface area contributed by atoms with Gasteiger partial charge in [0.05, 0.1) is 6.61 Å². The summed E-state index contributed by atoms with van der Waals surface area (Å²) in [7, 11) is 0. The molecule has 0 saturated carbocycles. The number of ether oxygens (including phenoxy) is 1. The fourth-order valence-corrected chi connectivity index (χ4v) is 2.44. The molecule has 126 valence electrons. The number of ketones is 1. The second-order valence-electron chi connectivity index (χ2n) is 5.44. The SMILES string of the molecule is CCOc1ccc(C(=O)CCC(=O)Nc2ccccc2CC)cc1. The first-order valence-corrected chi connectivity index (χ1v) is 8.27. The Labute approximate surface area is 142 Å². The molecule has 1 N–H and O–H groups in total. The first-order valence-electron chi connectivity index (χ1n) is 8.27. The van der Waals surface area contributed by atoms with Gasteiger partial charge >= 0.3 is 0 Å². The second kappa shape index (κ2) is 8.87. The predicted molar refractivity (Wildman–Crippen MR) is 95.6 cm³/mol. The van der Waals surface area contributed by atoms with Gasteiger partial charge in [0.2, 0.25) is 5.91 Å². The lowest BCUT2D eigenvalue weighted by Gasteiger charge is -2.09. The smallest absolute Gasteiger partial charge is 0.224 e. The number of Topliss-reactive ketones (excluding diaryl/α,β-unsaturated/α-hetero) is 1. The highest BCUT2D eigenvalue weighted by Crippen LogP contribution is 2.17. The molecule has 4 heteroatoms. The van der Waals surface area contributed by atoms with Gasteiger partial charge in [-0.3, -0.25) is 9.59 Å². The molecule has 0 unspecified atom stereocenters. The Morgan fingerprint density at radius 2 is 1.67 bits per heavy atom. The maximum Gasteiger partial charge on any atom is 0.224 e. The largest absolute Gasteiger partial charge is 0.494 e. The number of nitrogens with one attached hydrogen (secondary N) is 1. The maximum atomic E-state index is 12.2. The minimum atomic E-state index is -0.143. The molecule has 0 aliphatic heterocycles. The lowest BCUT2D eigenvalue weighted by Crippen LogP contribution is -2.14. The molecular formula is C20H23NO3. The summed E-state index contributed by atoms with van der Waals surface area (Å²) in [6, 6.07) is 14.7. The van der Waals surface area contributed by atoms with Crippen molar-refractivity contribution in [2.45, 2.75) is 33.1 Å². The Bertz CT molecular complexity index is 692. The van der Waals surface area contributed by atoms with Crippen LogP contribution in [-0.2, 0) is 11.2 Å². The number of hydrogen-bond donors (Lipinski definition) is 1. The summed E-state index contributed by atoms with van der Waals surface area (Å²) in [6.07, 6.45) is 1.21. The van der Waals surface area contributed by atoms with E-state index in [2.05, 4.69) is 5.32 Å². The number of para-hydroxylation sites is 1. The summed E-state index contributed by atoms with van der Waals surface area (Å²) in [4.78, 5) is 24.2. The zero-order chi connectivity index (χ0) is 17.4. The summed E-state index contributed by atoms with van der Waals surface area (Å²) in [5.41, 5.74) is 2.50. The second-order valence-corrected chi connectivity index (χ2v) is 5.44. The average Bonchev–Trinajstić information content (AvgIpc) is 2.61. The topological polar surface area (TPSA) is 55.4 Å². The molecule has 0 bridgehead atoms. The van der Waals surface area contributed by atoms with Crippen LogP contribution in [-0.4, -0.2) is 18.3 Å². The molecule has 0 saturated heterocycles. The summed E-state index contributed by atoms with van der Waals surface area (Å²) >= 11 is 0. The number of anilines is 1. The van der Waals surface area contributed by atoms with Crippen LogP contribution in [0.25, 0.3) is 0 Å². The van der Waals surface area contributed by atoms with Crippen molar-refractivity contribution in [3.8, 4) is 5.75 Å². The van der Waals surface area contributed by atoms with E-state index in [4.69, 9.17) is 4.74 Å². The first kappa shape index (κ1) is 17.7. The lowest BCUT2D eigenvalue weighted by atomic mass is 10.1. The van der Waals surface area contributed by atoms with Crippen molar-refractivity contribution in [2.75, 3.05) is 11.9 Å². The van der Waals surface area contributed by atoms with Gasteiger partial charge < -0.3 is 10.1 Å². The Kier molecular flexibility index (Phi) is 6.55. The number of rotatable bonds is 8. The molecule has 1 amide bonds. The maximum absolute atomic E-state index is 12.2. The molecule has 0 aromatic heterocycles. The van der Waals surface area contributed by atoms with Crippen LogP contribution in [0.3, 0.4) is 0 Å². The molecule has 0 radical (unpaired) electrons. The normalized spacial score (nSPS) is 10.2. The van der Waals surface area contributed by atoms with Gasteiger partial charge in [-0.1, -0.05) is 25.1 Å². The highest BCUT2D eigenvalue weighted by molar-refractivity contribution is 6.00. The van der Waals surface area contributed by atoms with Gasteiger partial charge in [0, 0.05) is 24.1 Å². The van der Waals surface area contributed by atoms with E-state index in [1.807, 2.05) is 38.1 Å². The van der Waals surface area contributed by atoms with E-state index in [0.717, 1.165) is 23.4 Å². The first-order chi connectivity index (χ1) is 11.6. The van der Waals surface area contributed by atoms with Gasteiger partial charge in [0.1, 0.15) is 5.75 Å². The van der Waals surface area contributed by atoms with Crippen molar-refractivity contribution >= 4 is 17.4 Å². The van der Waals surface area contributed by atoms with E-state index in [1.165, 1.54) is 0 Å². The third-order valence-electron chi connectivity index (χ3n) is 3.74. The molecule has 2 rings (SSSR count). The zero-order valence-electron chi connectivity index (χ0n) is 14.2. The fourth-order valence-electron chi connectivity index (χ4n) is 2.44. The molecule has 2 aromatic carbocycles. The third-order valence-corrected chi connectivity index (χ3v) is 3.74. The molecule has 0 aliphatic carbocycles. The summed E-state index contributed by atoms with van der Waals surface area (Å²) < 4.78 is 5.35. The zero-order valence-corrected chi connectivity index (χ0v) is 14.2. The van der Waals surface area contributed by atoms with Gasteiger partial charge in [-0.15, -0.1) is 0 Å². The summed E-state index contributed by atoms with van der Waals surface area (Å²) in [5, 5.41) is 2.88. The van der Waals surface area contributed by atoms with Crippen LogP contribution in [0.2, 0.25) is 0 Å². The monoisotopic (exact) mass is 325 g/mol. The van der Waals surface area contributed by atoms with E-state index < -0.39 is 0 Å². The standard InChI is InChI=1S/C20H23NO3/c1-3-15-7-5-6-8-18(15)21-20(23)14-13-19(22)16-9-11-17(12-10-16)24-4-2/h5-12H,3-4,13-14H2,1-2H3,(H,21,23). The molecule has 0 heterocycles. The minimum absolute atomic E-state index is 0.0445. The predicted octanol–water partition coefficient (Wildman–Crippen LogP) is 4.25. The van der Waals surface area contributed by atoms with Gasteiger partial charge in [0.25, 0.3) is 0 Å². The van der Waals surface area contributed by atoms with Crippen LogP contribution >= 0.6 is 0 Å². The van der Waals surface area contributed by atoms with Crippen LogP contribution in [0, 0.1) is 0 Å². The Hall–Kier alpha value is -2.62. The van der Waals surface area contributed by atoms with Crippen molar-refractivity contribution in [1.29, 1.82) is 0 Å². The summed E-state index contributed by atoms with van der Waals surface area (Å²) in [5.74, 6) is 0.551. The van der Waals surface area contributed by atoms with Gasteiger partial charge in [0.15, 0.2) is 5.78 Å². The number of benzene rings is 2. The van der Waals surface area contributed by atoms with E-state index in [-0.39, 0.29) is 24.5 Å². The molecule has 0 spiro atoms. The van der Waals surface area contributed by atoms with Crippen LogP contribution in [0.4, 0.5) is 5.69 Å².